The SMILES string of the molecule is COc1ccc(C(=O)CC(c2ccc(C)cc2)n2ncc(-c3ccc(Cl)cc3)n2)cc1. The Kier molecular flexibility index (Phi) is 6.14. The monoisotopic (exact) mass is 431 g/mol. The molecule has 0 aliphatic carbocycles. The lowest BCUT2D eigenvalue weighted by atomic mass is 9.97. The van der Waals surface area contributed by atoms with E-state index in [2.05, 4.69) is 10.2 Å². The van der Waals surface area contributed by atoms with Gasteiger partial charge in [-0.2, -0.15) is 15.0 Å². The smallest absolute Gasteiger partial charge is 0.165 e. The van der Waals surface area contributed by atoms with Crippen molar-refractivity contribution in [1.29, 1.82) is 0 Å². The summed E-state index contributed by atoms with van der Waals surface area (Å²) >= 11 is 6.00. The van der Waals surface area contributed by atoms with Crippen molar-refractivity contribution in [3.8, 4) is 17.0 Å². The number of halogens is 1. The van der Waals surface area contributed by atoms with Crippen LogP contribution in [0, 0.1) is 6.92 Å². The molecule has 0 N–H and O–H groups in total. The first-order valence-electron chi connectivity index (χ1n) is 9.95. The Hall–Kier alpha value is -3.44. The van der Waals surface area contributed by atoms with Gasteiger partial charge in [-0.05, 0) is 48.9 Å². The molecule has 31 heavy (non-hydrogen) atoms. The van der Waals surface area contributed by atoms with Gasteiger partial charge < -0.3 is 4.74 Å². The minimum atomic E-state index is -0.323. The van der Waals surface area contributed by atoms with E-state index in [4.69, 9.17) is 16.3 Å². The van der Waals surface area contributed by atoms with Crippen LogP contribution >= 0.6 is 11.6 Å². The quantitative estimate of drug-likeness (QED) is 0.348. The van der Waals surface area contributed by atoms with Crippen molar-refractivity contribution in [1.82, 2.24) is 15.0 Å². The molecule has 0 saturated heterocycles. The Bertz CT molecular complexity index is 1170. The summed E-state index contributed by atoms with van der Waals surface area (Å²) in [4.78, 5) is 14.7. The maximum atomic E-state index is 13.1. The molecule has 1 unspecified atom stereocenters. The minimum absolute atomic E-state index is 0.0126. The van der Waals surface area contributed by atoms with E-state index in [-0.39, 0.29) is 18.2 Å². The third-order valence-electron chi connectivity index (χ3n) is 5.18. The maximum Gasteiger partial charge on any atom is 0.165 e. The van der Waals surface area contributed by atoms with Gasteiger partial charge in [0, 0.05) is 22.6 Å². The summed E-state index contributed by atoms with van der Waals surface area (Å²) in [7, 11) is 1.60. The molecule has 0 spiro atoms. The average Bonchev–Trinajstić information content (AvgIpc) is 3.28. The van der Waals surface area contributed by atoms with Crippen molar-refractivity contribution >= 4 is 17.4 Å². The molecule has 5 nitrogen and oxygen atoms in total. The molecule has 0 aliphatic heterocycles. The molecule has 0 bridgehead atoms. The highest BCUT2D eigenvalue weighted by Crippen LogP contribution is 2.26. The fraction of sp³-hybridized carbons (Fsp3) is 0.160. The molecule has 4 aromatic rings. The largest absolute Gasteiger partial charge is 0.497 e. The van der Waals surface area contributed by atoms with Crippen LogP contribution in [-0.2, 0) is 0 Å². The number of aryl methyl sites for hydroxylation is 1. The van der Waals surface area contributed by atoms with Crippen LogP contribution in [0.4, 0.5) is 0 Å². The fourth-order valence-corrected chi connectivity index (χ4v) is 3.50. The van der Waals surface area contributed by atoms with Crippen molar-refractivity contribution in [2.24, 2.45) is 0 Å². The standard InChI is InChI=1S/C25H22ClN3O2/c1-17-3-5-19(6-4-17)24(15-25(30)20-9-13-22(31-2)14-10-20)29-27-16-23(28-29)18-7-11-21(26)12-8-18/h3-14,16,24H,15H2,1-2H3. The van der Waals surface area contributed by atoms with Crippen molar-refractivity contribution in [3.63, 3.8) is 0 Å². The molecule has 0 radical (unpaired) electrons. The lowest BCUT2D eigenvalue weighted by Gasteiger charge is -2.16. The molecule has 3 aromatic carbocycles. The summed E-state index contributed by atoms with van der Waals surface area (Å²) < 4.78 is 5.19. The van der Waals surface area contributed by atoms with E-state index in [1.807, 2.05) is 55.5 Å². The Morgan fingerprint density at radius 1 is 1.00 bits per heavy atom. The van der Waals surface area contributed by atoms with E-state index in [1.165, 1.54) is 0 Å². The highest BCUT2D eigenvalue weighted by molar-refractivity contribution is 6.30. The van der Waals surface area contributed by atoms with E-state index in [0.29, 0.717) is 16.3 Å². The maximum absolute atomic E-state index is 13.1. The van der Waals surface area contributed by atoms with E-state index < -0.39 is 0 Å². The molecule has 1 heterocycles. The number of carbonyl (C=O) groups excluding carboxylic acids is 1. The lowest BCUT2D eigenvalue weighted by molar-refractivity contribution is 0.0964. The Balaban J connectivity index is 1.65. The number of aromatic nitrogens is 3. The molecule has 0 fully saturated rings. The van der Waals surface area contributed by atoms with Gasteiger partial charge >= 0.3 is 0 Å². The number of carbonyl (C=O) groups is 1. The van der Waals surface area contributed by atoms with Crippen LogP contribution in [0.15, 0.2) is 79.0 Å². The Morgan fingerprint density at radius 2 is 1.68 bits per heavy atom. The molecular weight excluding hydrogens is 410 g/mol. The second kappa shape index (κ2) is 9.14. The second-order valence-electron chi connectivity index (χ2n) is 7.34. The van der Waals surface area contributed by atoms with Crippen molar-refractivity contribution in [3.05, 3.63) is 101 Å². The fourth-order valence-electron chi connectivity index (χ4n) is 3.37. The predicted molar refractivity (Wildman–Crippen MR) is 122 cm³/mol. The lowest BCUT2D eigenvalue weighted by Crippen LogP contribution is -2.18. The van der Waals surface area contributed by atoms with Gasteiger partial charge in [0.05, 0.1) is 13.3 Å². The minimum Gasteiger partial charge on any atom is -0.497 e. The highest BCUT2D eigenvalue weighted by atomic mass is 35.5. The average molecular weight is 432 g/mol. The number of nitrogens with zero attached hydrogens (tertiary/aromatic N) is 3. The summed E-state index contributed by atoms with van der Waals surface area (Å²) in [6.07, 6.45) is 1.95. The molecule has 0 aliphatic rings. The van der Waals surface area contributed by atoms with Gasteiger partial charge in [-0.1, -0.05) is 53.6 Å². The van der Waals surface area contributed by atoms with Gasteiger partial charge in [0.2, 0.25) is 0 Å². The number of hydrogen-bond donors (Lipinski definition) is 0. The third kappa shape index (κ3) is 4.84. The van der Waals surface area contributed by atoms with Crippen LogP contribution in [-0.4, -0.2) is 27.9 Å². The number of rotatable bonds is 7. The molecular formula is C25H22ClN3O2. The third-order valence-corrected chi connectivity index (χ3v) is 5.43. The summed E-state index contributed by atoms with van der Waals surface area (Å²) in [5, 5.41) is 9.83. The first-order valence-corrected chi connectivity index (χ1v) is 10.3. The van der Waals surface area contributed by atoms with Gasteiger partial charge in [0.1, 0.15) is 17.5 Å². The van der Waals surface area contributed by atoms with Gasteiger partial charge in [0.25, 0.3) is 0 Å². The topological polar surface area (TPSA) is 57.0 Å². The number of Topliss-reactive ketones (excluding diaryl/α,β-unsaturated/α-hetero) is 1. The number of ether oxygens (including phenoxy) is 1. The van der Waals surface area contributed by atoms with E-state index in [1.54, 1.807) is 42.4 Å². The highest BCUT2D eigenvalue weighted by Gasteiger charge is 2.22. The number of benzene rings is 3. The van der Waals surface area contributed by atoms with Crippen LogP contribution in [0.2, 0.25) is 5.02 Å². The molecule has 156 valence electrons. The number of methoxy groups -OCH3 is 1. The zero-order valence-corrected chi connectivity index (χ0v) is 18.1. The van der Waals surface area contributed by atoms with Crippen LogP contribution in [0.1, 0.15) is 33.9 Å². The molecule has 0 saturated carbocycles. The molecule has 1 atom stereocenters. The summed E-state index contributed by atoms with van der Waals surface area (Å²) in [6.45, 7) is 2.03. The summed E-state index contributed by atoms with van der Waals surface area (Å²) in [5.41, 5.74) is 4.40. The van der Waals surface area contributed by atoms with Gasteiger partial charge in [-0.25, -0.2) is 0 Å². The molecule has 0 amide bonds. The van der Waals surface area contributed by atoms with E-state index in [9.17, 15) is 4.79 Å². The van der Waals surface area contributed by atoms with Gasteiger partial charge in [-0.15, -0.1) is 0 Å². The molecule has 6 heteroatoms. The van der Waals surface area contributed by atoms with Crippen molar-refractivity contribution in [2.75, 3.05) is 7.11 Å². The number of hydrogen-bond acceptors (Lipinski definition) is 4. The first kappa shape index (κ1) is 20.8. The Labute approximate surface area is 186 Å². The first-order chi connectivity index (χ1) is 15.0. The van der Waals surface area contributed by atoms with E-state index >= 15 is 0 Å². The molecule has 4 rings (SSSR count). The van der Waals surface area contributed by atoms with Crippen molar-refractivity contribution in [2.45, 2.75) is 19.4 Å². The van der Waals surface area contributed by atoms with Gasteiger partial charge in [0.15, 0.2) is 5.78 Å². The summed E-state index contributed by atoms with van der Waals surface area (Å²) in [5.74, 6) is 0.728. The Morgan fingerprint density at radius 3 is 2.32 bits per heavy atom. The molecule has 1 aromatic heterocycles. The number of ketones is 1. The van der Waals surface area contributed by atoms with Crippen LogP contribution < -0.4 is 4.74 Å². The van der Waals surface area contributed by atoms with Crippen LogP contribution in [0.3, 0.4) is 0 Å². The zero-order chi connectivity index (χ0) is 21.8. The van der Waals surface area contributed by atoms with Crippen LogP contribution in [0.5, 0.6) is 5.75 Å². The summed E-state index contributed by atoms with van der Waals surface area (Å²) in [6, 6.07) is 22.4. The van der Waals surface area contributed by atoms with Crippen molar-refractivity contribution < 1.29 is 9.53 Å². The van der Waals surface area contributed by atoms with E-state index in [0.717, 1.165) is 22.4 Å². The van der Waals surface area contributed by atoms with Gasteiger partial charge in [-0.3, -0.25) is 4.79 Å². The zero-order valence-electron chi connectivity index (χ0n) is 17.3. The second-order valence-corrected chi connectivity index (χ2v) is 7.78. The van der Waals surface area contributed by atoms with Crippen LogP contribution in [0.25, 0.3) is 11.3 Å². The normalized spacial score (nSPS) is 11.8. The predicted octanol–water partition coefficient (Wildman–Crippen LogP) is 5.78.